The number of carbonyl (C=O) groups is 1. The number of likely N-dealkylation sites (N-methyl/N-ethyl adjacent to an activating group) is 1. The largest absolute Gasteiger partial charge is 0.433 e. The van der Waals surface area contributed by atoms with E-state index in [0.717, 1.165) is 28.2 Å². The molecular formula is C21H19ClF4N4O3S2. The fourth-order valence-electron chi connectivity index (χ4n) is 3.84. The molecule has 0 radical (unpaired) electrons. The number of carbonyl (C=O) groups excluding carboxylic acids is 1. The number of halogens is 5. The van der Waals surface area contributed by atoms with Crippen LogP contribution in [0.15, 0.2) is 41.9 Å². The van der Waals surface area contributed by atoms with Crippen LogP contribution in [0.25, 0.3) is 5.57 Å². The van der Waals surface area contributed by atoms with Crippen LogP contribution in [0.2, 0.25) is 5.02 Å². The Labute approximate surface area is 208 Å². The molecule has 1 saturated heterocycles. The molecule has 14 heteroatoms. The Balaban J connectivity index is 1.46. The van der Waals surface area contributed by atoms with Gasteiger partial charge >= 0.3 is 6.18 Å². The van der Waals surface area contributed by atoms with Gasteiger partial charge in [-0.25, -0.2) is 4.39 Å². The zero-order valence-corrected chi connectivity index (χ0v) is 20.4. The third kappa shape index (κ3) is 5.64. The van der Waals surface area contributed by atoms with E-state index in [0.29, 0.717) is 12.0 Å². The van der Waals surface area contributed by atoms with Crippen LogP contribution in [-0.4, -0.2) is 48.0 Å². The molecule has 4 rings (SSSR count). The standard InChI is InChI=1S/C21H19ClF4N4O3S2/c1-30-17(20(31)28-13-3-4-15(23)14(22)7-13)8-16(29-35(30,32)33)18-6-12(10-34-18)11-2-5-19(27-9-11)21(24,25)26/h2-5,7,9-10,16-18,29H,6,8H2,1H3,(H,28,31)/t16-,17+,18?/m1/s1. The van der Waals surface area contributed by atoms with Crippen LogP contribution in [0.4, 0.5) is 23.2 Å². The topological polar surface area (TPSA) is 91.4 Å². The highest BCUT2D eigenvalue weighted by Gasteiger charge is 2.44. The monoisotopic (exact) mass is 550 g/mol. The maximum absolute atomic E-state index is 13.4. The van der Waals surface area contributed by atoms with Crippen molar-refractivity contribution in [3.63, 3.8) is 0 Å². The van der Waals surface area contributed by atoms with Crippen LogP contribution in [0, 0.1) is 5.82 Å². The van der Waals surface area contributed by atoms with Crippen LogP contribution >= 0.6 is 23.4 Å². The number of nitrogens with one attached hydrogen (secondary N) is 2. The fraction of sp³-hybridized carbons (Fsp3) is 0.333. The number of pyridine rings is 1. The lowest BCUT2D eigenvalue weighted by molar-refractivity contribution is -0.141. The number of anilines is 1. The van der Waals surface area contributed by atoms with Gasteiger partial charge in [-0.3, -0.25) is 9.78 Å². The van der Waals surface area contributed by atoms with Gasteiger partial charge in [0.15, 0.2) is 0 Å². The third-order valence-corrected chi connectivity index (χ3v) is 8.93. The molecule has 1 unspecified atom stereocenters. The van der Waals surface area contributed by atoms with E-state index < -0.39 is 45.9 Å². The highest BCUT2D eigenvalue weighted by molar-refractivity contribution is 8.03. The molecule has 1 aromatic heterocycles. The van der Waals surface area contributed by atoms with Gasteiger partial charge in [0.2, 0.25) is 5.91 Å². The predicted octanol–water partition coefficient (Wildman–Crippen LogP) is 4.29. The summed E-state index contributed by atoms with van der Waals surface area (Å²) < 4.78 is 80.7. The Kier molecular flexibility index (Phi) is 7.17. The molecule has 0 spiro atoms. The molecule has 1 amide bonds. The van der Waals surface area contributed by atoms with Crippen molar-refractivity contribution in [3.05, 3.63) is 64.0 Å². The van der Waals surface area contributed by atoms with Gasteiger partial charge in [0.05, 0.1) is 5.02 Å². The zero-order chi connectivity index (χ0) is 25.5. The first-order valence-corrected chi connectivity index (χ1v) is 13.0. The quantitative estimate of drug-likeness (QED) is 0.554. The molecule has 3 heterocycles. The summed E-state index contributed by atoms with van der Waals surface area (Å²) in [5.41, 5.74) is 0.451. The molecule has 2 N–H and O–H groups in total. The van der Waals surface area contributed by atoms with E-state index in [1.165, 1.54) is 37.0 Å². The normalized spacial score (nSPS) is 24.7. The number of amides is 1. The van der Waals surface area contributed by atoms with Crippen LogP contribution < -0.4 is 10.0 Å². The number of rotatable bonds is 4. The molecule has 2 aromatic rings. The van der Waals surface area contributed by atoms with Gasteiger partial charge in [-0.15, -0.1) is 11.8 Å². The summed E-state index contributed by atoms with van der Waals surface area (Å²) in [6.07, 6.45) is -2.89. The summed E-state index contributed by atoms with van der Waals surface area (Å²) in [4.78, 5) is 16.4. The Morgan fingerprint density at radius 3 is 2.66 bits per heavy atom. The van der Waals surface area contributed by atoms with E-state index >= 15 is 0 Å². The molecule has 0 bridgehead atoms. The minimum atomic E-state index is -4.54. The number of thioether (sulfide) groups is 1. The summed E-state index contributed by atoms with van der Waals surface area (Å²) in [7, 11) is -2.71. The van der Waals surface area contributed by atoms with Gasteiger partial charge in [0, 0.05) is 30.2 Å². The number of alkyl halides is 3. The van der Waals surface area contributed by atoms with Gasteiger partial charge in [0.1, 0.15) is 17.6 Å². The van der Waals surface area contributed by atoms with E-state index in [1.807, 2.05) is 0 Å². The number of hydrogen-bond donors (Lipinski definition) is 2. The second-order valence-electron chi connectivity index (χ2n) is 8.07. The summed E-state index contributed by atoms with van der Waals surface area (Å²) in [5, 5.41) is 3.85. The molecule has 2 aliphatic rings. The SMILES string of the molecule is CN1[C@H](C(=O)Nc2ccc(F)c(Cl)c2)C[C@H](C2CC(c3ccc(C(F)(F)F)nc3)=CS2)NS1(=O)=O. The first-order valence-electron chi connectivity index (χ1n) is 10.2. The van der Waals surface area contributed by atoms with Gasteiger partial charge < -0.3 is 5.32 Å². The van der Waals surface area contributed by atoms with Crippen molar-refractivity contribution in [2.75, 3.05) is 12.4 Å². The van der Waals surface area contributed by atoms with Crippen molar-refractivity contribution in [1.82, 2.24) is 14.0 Å². The Bertz CT molecular complexity index is 1270. The number of allylic oxidation sites excluding steroid dienone is 1. The Hall–Kier alpha value is -2.19. The second-order valence-corrected chi connectivity index (χ2v) is 11.3. The van der Waals surface area contributed by atoms with Gasteiger partial charge in [-0.05, 0) is 53.7 Å². The molecule has 2 aliphatic heterocycles. The molecule has 35 heavy (non-hydrogen) atoms. The fourth-order valence-corrected chi connectivity index (χ4v) is 6.64. The van der Waals surface area contributed by atoms with E-state index in [4.69, 9.17) is 11.6 Å². The molecule has 1 fully saturated rings. The predicted molar refractivity (Wildman–Crippen MR) is 125 cm³/mol. The first-order chi connectivity index (χ1) is 16.3. The molecule has 0 aliphatic carbocycles. The van der Waals surface area contributed by atoms with E-state index in [1.54, 1.807) is 5.41 Å². The second kappa shape index (κ2) is 9.69. The van der Waals surface area contributed by atoms with Crippen LogP contribution in [0.5, 0.6) is 0 Å². The van der Waals surface area contributed by atoms with Crippen molar-refractivity contribution in [3.8, 4) is 0 Å². The van der Waals surface area contributed by atoms with Crippen LogP contribution in [-0.2, 0) is 21.2 Å². The molecule has 1 aromatic carbocycles. The molecule has 0 saturated carbocycles. The first kappa shape index (κ1) is 25.9. The summed E-state index contributed by atoms with van der Waals surface area (Å²) >= 11 is 7.09. The minimum Gasteiger partial charge on any atom is -0.325 e. The summed E-state index contributed by atoms with van der Waals surface area (Å²) in [6, 6.07) is 4.18. The smallest absolute Gasteiger partial charge is 0.325 e. The number of benzene rings is 1. The maximum Gasteiger partial charge on any atom is 0.433 e. The Morgan fingerprint density at radius 2 is 2.03 bits per heavy atom. The average molecular weight is 551 g/mol. The Morgan fingerprint density at radius 1 is 1.29 bits per heavy atom. The highest BCUT2D eigenvalue weighted by Crippen LogP contribution is 2.40. The van der Waals surface area contributed by atoms with Crippen molar-refractivity contribution >= 4 is 50.7 Å². The minimum absolute atomic E-state index is 0.139. The highest BCUT2D eigenvalue weighted by atomic mass is 35.5. The van der Waals surface area contributed by atoms with E-state index in [9.17, 15) is 30.8 Å². The van der Waals surface area contributed by atoms with Gasteiger partial charge in [-0.2, -0.15) is 30.6 Å². The van der Waals surface area contributed by atoms with Crippen molar-refractivity contribution < 1.29 is 30.8 Å². The molecule has 188 valence electrons. The number of hydrogen-bond acceptors (Lipinski definition) is 5. The lowest BCUT2D eigenvalue weighted by atomic mass is 9.97. The average Bonchev–Trinajstić information content (AvgIpc) is 3.28. The van der Waals surface area contributed by atoms with Crippen molar-refractivity contribution in [2.24, 2.45) is 0 Å². The summed E-state index contributed by atoms with van der Waals surface area (Å²) in [6.45, 7) is 0. The van der Waals surface area contributed by atoms with Gasteiger partial charge in [-0.1, -0.05) is 17.7 Å². The molecule has 7 nitrogen and oxygen atoms in total. The molecular weight excluding hydrogens is 532 g/mol. The van der Waals surface area contributed by atoms with E-state index in [-0.39, 0.29) is 22.4 Å². The van der Waals surface area contributed by atoms with Crippen LogP contribution in [0.1, 0.15) is 24.1 Å². The van der Waals surface area contributed by atoms with E-state index in [2.05, 4.69) is 15.0 Å². The lowest BCUT2D eigenvalue weighted by Gasteiger charge is -2.38. The third-order valence-electron chi connectivity index (χ3n) is 5.77. The summed E-state index contributed by atoms with van der Waals surface area (Å²) in [5.74, 6) is -1.26. The van der Waals surface area contributed by atoms with Gasteiger partial charge in [0.25, 0.3) is 10.2 Å². The van der Waals surface area contributed by atoms with Crippen LogP contribution in [0.3, 0.4) is 0 Å². The van der Waals surface area contributed by atoms with Crippen molar-refractivity contribution in [1.29, 1.82) is 0 Å². The number of nitrogens with zero attached hydrogens (tertiary/aromatic N) is 2. The maximum atomic E-state index is 13.4. The van der Waals surface area contributed by atoms with Crippen molar-refractivity contribution in [2.45, 2.75) is 36.4 Å². The lowest BCUT2D eigenvalue weighted by Crippen LogP contribution is -2.60. The number of aromatic nitrogens is 1. The zero-order valence-electron chi connectivity index (χ0n) is 18.0. The molecule has 3 atom stereocenters.